The van der Waals surface area contributed by atoms with Crippen molar-refractivity contribution in [1.82, 2.24) is 9.88 Å². The van der Waals surface area contributed by atoms with Crippen LogP contribution in [0.25, 0.3) is 0 Å². The van der Waals surface area contributed by atoms with Crippen molar-refractivity contribution in [3.05, 3.63) is 21.8 Å². The molecule has 16 heavy (non-hydrogen) atoms. The van der Waals surface area contributed by atoms with Gasteiger partial charge in [0.1, 0.15) is 5.82 Å². The molecule has 0 radical (unpaired) electrons. The molecule has 0 spiro atoms. The minimum Gasteiger partial charge on any atom is -0.368 e. The number of anilines is 1. The molecule has 0 amide bonds. The molecular formula is C11H17BrClN3. The van der Waals surface area contributed by atoms with E-state index in [1.165, 1.54) is 0 Å². The number of nitrogens with one attached hydrogen (secondary N) is 1. The SMILES string of the molecule is CCN(CC)CCNc1ncc(Br)cc1Cl. The maximum atomic E-state index is 6.04. The molecule has 0 aliphatic heterocycles. The number of aromatic nitrogens is 1. The highest BCUT2D eigenvalue weighted by molar-refractivity contribution is 9.10. The Kier molecular flexibility index (Phi) is 6.09. The summed E-state index contributed by atoms with van der Waals surface area (Å²) in [6.07, 6.45) is 1.74. The normalized spacial score (nSPS) is 10.8. The van der Waals surface area contributed by atoms with Gasteiger partial charge in [-0.2, -0.15) is 0 Å². The van der Waals surface area contributed by atoms with E-state index in [1.807, 2.05) is 6.07 Å². The number of pyridine rings is 1. The van der Waals surface area contributed by atoms with E-state index in [-0.39, 0.29) is 0 Å². The van der Waals surface area contributed by atoms with E-state index in [4.69, 9.17) is 11.6 Å². The van der Waals surface area contributed by atoms with Gasteiger partial charge in [-0.3, -0.25) is 0 Å². The molecule has 0 aliphatic rings. The van der Waals surface area contributed by atoms with Crippen molar-refractivity contribution in [2.24, 2.45) is 0 Å². The first-order valence-electron chi connectivity index (χ1n) is 5.44. The van der Waals surface area contributed by atoms with Gasteiger partial charge in [0.15, 0.2) is 0 Å². The highest BCUT2D eigenvalue weighted by Crippen LogP contribution is 2.22. The molecule has 1 heterocycles. The fourth-order valence-corrected chi connectivity index (χ4v) is 2.11. The zero-order valence-corrected chi connectivity index (χ0v) is 12.0. The lowest BCUT2D eigenvalue weighted by atomic mass is 10.4. The second-order valence-corrected chi connectivity index (χ2v) is 4.76. The van der Waals surface area contributed by atoms with Gasteiger partial charge in [-0.1, -0.05) is 25.4 Å². The topological polar surface area (TPSA) is 28.2 Å². The highest BCUT2D eigenvalue weighted by Gasteiger charge is 2.03. The molecule has 0 fully saturated rings. The quantitative estimate of drug-likeness (QED) is 0.874. The standard InChI is InChI=1S/C11H17BrClN3/c1-3-16(4-2)6-5-14-11-10(13)7-9(12)8-15-11/h7-8H,3-6H2,1-2H3,(H,14,15). The Morgan fingerprint density at radius 1 is 1.44 bits per heavy atom. The summed E-state index contributed by atoms with van der Waals surface area (Å²) >= 11 is 9.37. The molecule has 0 saturated carbocycles. The van der Waals surface area contributed by atoms with Crippen molar-refractivity contribution < 1.29 is 0 Å². The van der Waals surface area contributed by atoms with Crippen molar-refractivity contribution in [2.75, 3.05) is 31.5 Å². The van der Waals surface area contributed by atoms with Crippen LogP contribution in [0.15, 0.2) is 16.7 Å². The molecule has 1 N–H and O–H groups in total. The zero-order valence-electron chi connectivity index (χ0n) is 9.63. The van der Waals surface area contributed by atoms with Crippen LogP contribution in [0.4, 0.5) is 5.82 Å². The largest absolute Gasteiger partial charge is 0.368 e. The molecule has 1 aromatic heterocycles. The van der Waals surface area contributed by atoms with Crippen molar-refractivity contribution in [1.29, 1.82) is 0 Å². The molecule has 0 aromatic carbocycles. The lowest BCUT2D eigenvalue weighted by molar-refractivity contribution is 0.316. The van der Waals surface area contributed by atoms with Gasteiger partial charge in [-0.25, -0.2) is 4.98 Å². The third-order valence-electron chi connectivity index (χ3n) is 2.42. The fourth-order valence-electron chi connectivity index (χ4n) is 1.42. The second kappa shape index (κ2) is 7.09. The third kappa shape index (κ3) is 4.28. The number of hydrogen-bond donors (Lipinski definition) is 1. The Balaban J connectivity index is 2.42. The summed E-state index contributed by atoms with van der Waals surface area (Å²) < 4.78 is 0.895. The van der Waals surface area contributed by atoms with Gasteiger partial charge >= 0.3 is 0 Å². The van der Waals surface area contributed by atoms with Crippen LogP contribution >= 0.6 is 27.5 Å². The summed E-state index contributed by atoms with van der Waals surface area (Å²) in [5, 5.41) is 3.88. The van der Waals surface area contributed by atoms with E-state index >= 15 is 0 Å². The van der Waals surface area contributed by atoms with Gasteiger partial charge < -0.3 is 10.2 Å². The van der Waals surface area contributed by atoms with Crippen LogP contribution in [0.5, 0.6) is 0 Å². The third-order valence-corrected chi connectivity index (χ3v) is 3.14. The van der Waals surface area contributed by atoms with Gasteiger partial charge in [-0.15, -0.1) is 0 Å². The van der Waals surface area contributed by atoms with Crippen molar-refractivity contribution in [3.63, 3.8) is 0 Å². The van der Waals surface area contributed by atoms with Crippen molar-refractivity contribution in [3.8, 4) is 0 Å². The minimum absolute atomic E-state index is 0.647. The average molecular weight is 307 g/mol. The van der Waals surface area contributed by atoms with E-state index in [9.17, 15) is 0 Å². The Hall–Kier alpha value is -0.320. The summed E-state index contributed by atoms with van der Waals surface area (Å²) in [4.78, 5) is 6.56. The number of likely N-dealkylation sites (N-methyl/N-ethyl adjacent to an activating group) is 1. The molecule has 0 aliphatic carbocycles. The summed E-state index contributed by atoms with van der Waals surface area (Å²) in [6, 6.07) is 1.84. The lowest BCUT2D eigenvalue weighted by Gasteiger charge is -2.18. The number of nitrogens with zero attached hydrogens (tertiary/aromatic N) is 2. The smallest absolute Gasteiger partial charge is 0.144 e. The van der Waals surface area contributed by atoms with E-state index in [0.29, 0.717) is 5.02 Å². The Bertz CT molecular complexity index is 329. The molecule has 1 aromatic rings. The second-order valence-electron chi connectivity index (χ2n) is 3.44. The fraction of sp³-hybridized carbons (Fsp3) is 0.545. The zero-order chi connectivity index (χ0) is 12.0. The van der Waals surface area contributed by atoms with Crippen LogP contribution in [-0.4, -0.2) is 36.1 Å². The lowest BCUT2D eigenvalue weighted by Crippen LogP contribution is -2.28. The average Bonchev–Trinajstić information content (AvgIpc) is 2.27. The first kappa shape index (κ1) is 13.7. The monoisotopic (exact) mass is 305 g/mol. The maximum Gasteiger partial charge on any atom is 0.144 e. The number of hydrogen-bond acceptors (Lipinski definition) is 3. The first-order valence-corrected chi connectivity index (χ1v) is 6.61. The molecule has 0 bridgehead atoms. The van der Waals surface area contributed by atoms with Crippen molar-refractivity contribution >= 4 is 33.3 Å². The van der Waals surface area contributed by atoms with Crippen LogP contribution in [0, 0.1) is 0 Å². The first-order chi connectivity index (χ1) is 7.67. The summed E-state index contributed by atoms with van der Waals surface area (Å²) in [7, 11) is 0. The van der Waals surface area contributed by atoms with E-state index in [2.05, 4.69) is 45.0 Å². The predicted octanol–water partition coefficient (Wildman–Crippen LogP) is 3.25. The Labute approximate surface area is 110 Å². The van der Waals surface area contributed by atoms with Gasteiger partial charge in [0, 0.05) is 23.8 Å². The number of rotatable bonds is 6. The van der Waals surface area contributed by atoms with E-state index in [1.54, 1.807) is 6.20 Å². The van der Waals surface area contributed by atoms with Crippen LogP contribution in [0.1, 0.15) is 13.8 Å². The number of halogens is 2. The maximum absolute atomic E-state index is 6.04. The summed E-state index contributed by atoms with van der Waals surface area (Å²) in [5.74, 6) is 0.747. The van der Waals surface area contributed by atoms with E-state index < -0.39 is 0 Å². The summed E-state index contributed by atoms with van der Waals surface area (Å²) in [6.45, 7) is 8.32. The van der Waals surface area contributed by atoms with Crippen LogP contribution < -0.4 is 5.32 Å². The van der Waals surface area contributed by atoms with Gasteiger partial charge in [0.25, 0.3) is 0 Å². The van der Waals surface area contributed by atoms with Gasteiger partial charge in [0.2, 0.25) is 0 Å². The van der Waals surface area contributed by atoms with Crippen LogP contribution in [-0.2, 0) is 0 Å². The molecule has 5 heteroatoms. The van der Waals surface area contributed by atoms with Crippen LogP contribution in [0.3, 0.4) is 0 Å². The van der Waals surface area contributed by atoms with Gasteiger partial charge in [0.05, 0.1) is 5.02 Å². The molecule has 3 nitrogen and oxygen atoms in total. The predicted molar refractivity (Wildman–Crippen MR) is 73.2 cm³/mol. The molecule has 1 rings (SSSR count). The molecular weight excluding hydrogens is 289 g/mol. The van der Waals surface area contributed by atoms with Gasteiger partial charge in [-0.05, 0) is 35.1 Å². The molecule has 0 atom stereocenters. The molecule has 90 valence electrons. The molecule has 0 saturated heterocycles. The minimum atomic E-state index is 0.647. The highest BCUT2D eigenvalue weighted by atomic mass is 79.9. The molecule has 0 unspecified atom stereocenters. The Morgan fingerprint density at radius 3 is 2.69 bits per heavy atom. The van der Waals surface area contributed by atoms with Crippen molar-refractivity contribution in [2.45, 2.75) is 13.8 Å². The Morgan fingerprint density at radius 2 is 2.12 bits per heavy atom. The summed E-state index contributed by atoms with van der Waals surface area (Å²) in [5.41, 5.74) is 0. The van der Waals surface area contributed by atoms with E-state index in [0.717, 1.165) is 36.5 Å². The van der Waals surface area contributed by atoms with Crippen LogP contribution in [0.2, 0.25) is 5.02 Å².